The van der Waals surface area contributed by atoms with Crippen LogP contribution in [0.5, 0.6) is 0 Å². The largest absolute Gasteiger partial charge is 0.327 e. The van der Waals surface area contributed by atoms with Gasteiger partial charge in [-0.15, -0.1) is 0 Å². The first-order chi connectivity index (χ1) is 15.2. The number of hydrogen-bond acceptors (Lipinski definition) is 3. The summed E-state index contributed by atoms with van der Waals surface area (Å²) in [5, 5.41) is 0. The van der Waals surface area contributed by atoms with Crippen LogP contribution < -0.4 is 0 Å². The molecule has 0 aliphatic carbocycles. The summed E-state index contributed by atoms with van der Waals surface area (Å²) >= 11 is 0. The van der Waals surface area contributed by atoms with Crippen molar-refractivity contribution in [2.45, 2.75) is 84.5 Å². The van der Waals surface area contributed by atoms with Crippen molar-refractivity contribution in [3.8, 4) is 11.1 Å². The normalized spacial score (nSPS) is 12.8. The van der Waals surface area contributed by atoms with E-state index in [0.29, 0.717) is 19.8 Å². The lowest BCUT2D eigenvalue weighted by Crippen LogP contribution is -2.45. The van der Waals surface area contributed by atoms with Gasteiger partial charge >= 0.3 is 0 Å². The van der Waals surface area contributed by atoms with Crippen LogP contribution in [0.4, 0.5) is 0 Å². The number of unbranched alkanes of at least 4 members (excludes halogenated alkanes) is 5. The number of rotatable bonds is 16. The zero-order valence-corrected chi connectivity index (χ0v) is 20.1. The average Bonchev–Trinajstić information content (AvgIpc) is 2.80. The standard InChI is InChI=1S/C28H42O3/c1-5-9-10-11-12-16-19-27(28(29-6-2,30-7-3)31-8-4)26-22-20-25(21-23-26)24-17-14-13-15-18-24/h13-15,17-18,20-23,27H,5-12,16,19H2,1-4H3. The van der Waals surface area contributed by atoms with Crippen LogP contribution in [0.1, 0.15) is 84.1 Å². The fraction of sp³-hybridized carbons (Fsp3) is 0.571. The second-order valence-corrected chi connectivity index (χ2v) is 8.00. The predicted octanol–water partition coefficient (Wildman–Crippen LogP) is 7.95. The van der Waals surface area contributed by atoms with E-state index in [4.69, 9.17) is 14.2 Å². The van der Waals surface area contributed by atoms with Crippen LogP contribution in [0.3, 0.4) is 0 Å². The molecular formula is C28H42O3. The van der Waals surface area contributed by atoms with Crippen molar-refractivity contribution in [3.63, 3.8) is 0 Å². The molecule has 1 unspecified atom stereocenters. The molecule has 0 amide bonds. The second-order valence-electron chi connectivity index (χ2n) is 8.00. The van der Waals surface area contributed by atoms with E-state index in [0.717, 1.165) is 12.8 Å². The summed E-state index contributed by atoms with van der Waals surface area (Å²) in [5.74, 6) is -1.00. The van der Waals surface area contributed by atoms with Gasteiger partial charge in [0.1, 0.15) is 0 Å². The molecule has 0 aromatic heterocycles. The van der Waals surface area contributed by atoms with E-state index in [1.165, 1.54) is 48.8 Å². The maximum absolute atomic E-state index is 6.19. The van der Waals surface area contributed by atoms with Crippen LogP contribution in [-0.2, 0) is 14.2 Å². The molecule has 0 aliphatic heterocycles. The van der Waals surface area contributed by atoms with Crippen molar-refractivity contribution in [1.29, 1.82) is 0 Å². The van der Waals surface area contributed by atoms with Gasteiger partial charge in [-0.3, -0.25) is 0 Å². The monoisotopic (exact) mass is 426 g/mol. The lowest BCUT2D eigenvalue weighted by Gasteiger charge is -2.39. The van der Waals surface area contributed by atoms with E-state index in [1.807, 2.05) is 20.8 Å². The van der Waals surface area contributed by atoms with E-state index in [2.05, 4.69) is 61.5 Å². The van der Waals surface area contributed by atoms with E-state index in [-0.39, 0.29) is 5.92 Å². The molecule has 0 heterocycles. The molecule has 0 saturated heterocycles. The van der Waals surface area contributed by atoms with Gasteiger partial charge < -0.3 is 14.2 Å². The molecule has 0 fully saturated rings. The Labute approximate surface area is 190 Å². The fourth-order valence-electron chi connectivity index (χ4n) is 4.25. The molecule has 0 aliphatic rings. The zero-order valence-electron chi connectivity index (χ0n) is 20.1. The van der Waals surface area contributed by atoms with E-state index in [9.17, 15) is 0 Å². The molecule has 0 N–H and O–H groups in total. The quantitative estimate of drug-likeness (QED) is 0.201. The third-order valence-electron chi connectivity index (χ3n) is 5.73. The summed E-state index contributed by atoms with van der Waals surface area (Å²) in [4.78, 5) is 0. The van der Waals surface area contributed by atoms with Gasteiger partial charge in [-0.25, -0.2) is 0 Å². The maximum atomic E-state index is 6.19. The zero-order chi connectivity index (χ0) is 22.4. The summed E-state index contributed by atoms with van der Waals surface area (Å²) in [7, 11) is 0. The second kappa shape index (κ2) is 14.4. The molecule has 0 bridgehead atoms. The van der Waals surface area contributed by atoms with Crippen LogP contribution >= 0.6 is 0 Å². The highest BCUT2D eigenvalue weighted by Crippen LogP contribution is 2.39. The minimum absolute atomic E-state index is 0.0309. The van der Waals surface area contributed by atoms with Crippen LogP contribution in [0.2, 0.25) is 0 Å². The maximum Gasteiger partial charge on any atom is 0.290 e. The molecule has 31 heavy (non-hydrogen) atoms. The first-order valence-electron chi connectivity index (χ1n) is 12.3. The number of benzene rings is 2. The Balaban J connectivity index is 2.26. The Morgan fingerprint density at radius 1 is 0.613 bits per heavy atom. The molecule has 2 aromatic carbocycles. The molecule has 0 saturated carbocycles. The third-order valence-corrected chi connectivity index (χ3v) is 5.73. The van der Waals surface area contributed by atoms with Crippen molar-refractivity contribution >= 4 is 0 Å². The van der Waals surface area contributed by atoms with Crippen molar-refractivity contribution in [2.24, 2.45) is 0 Å². The van der Waals surface area contributed by atoms with Crippen molar-refractivity contribution in [2.75, 3.05) is 19.8 Å². The minimum Gasteiger partial charge on any atom is -0.327 e. The smallest absolute Gasteiger partial charge is 0.290 e. The first kappa shape index (κ1) is 25.6. The van der Waals surface area contributed by atoms with Gasteiger partial charge in [-0.05, 0) is 43.9 Å². The lowest BCUT2D eigenvalue weighted by molar-refractivity contribution is -0.389. The lowest BCUT2D eigenvalue weighted by atomic mass is 9.89. The highest BCUT2D eigenvalue weighted by atomic mass is 16.9. The molecule has 172 valence electrons. The molecule has 2 rings (SSSR count). The highest BCUT2D eigenvalue weighted by Gasteiger charge is 2.42. The van der Waals surface area contributed by atoms with Gasteiger partial charge in [0.05, 0.1) is 5.92 Å². The SMILES string of the molecule is CCCCCCCCC(c1ccc(-c2ccccc2)cc1)C(OCC)(OCC)OCC. The first-order valence-corrected chi connectivity index (χ1v) is 12.3. The molecule has 0 spiro atoms. The number of hydrogen-bond donors (Lipinski definition) is 0. The van der Waals surface area contributed by atoms with E-state index in [1.54, 1.807) is 0 Å². The molecule has 0 radical (unpaired) electrons. The summed E-state index contributed by atoms with van der Waals surface area (Å²) < 4.78 is 18.6. The predicted molar refractivity (Wildman–Crippen MR) is 130 cm³/mol. The summed E-state index contributed by atoms with van der Waals surface area (Å²) in [6.07, 6.45) is 8.57. The molecular weight excluding hydrogens is 384 g/mol. The van der Waals surface area contributed by atoms with E-state index >= 15 is 0 Å². The highest BCUT2D eigenvalue weighted by molar-refractivity contribution is 5.63. The fourth-order valence-corrected chi connectivity index (χ4v) is 4.25. The molecule has 3 heteroatoms. The van der Waals surface area contributed by atoms with Gasteiger partial charge in [-0.1, -0.05) is 100 Å². The average molecular weight is 427 g/mol. The van der Waals surface area contributed by atoms with Gasteiger partial charge in [0.15, 0.2) is 0 Å². The minimum atomic E-state index is -1.03. The number of ether oxygens (including phenoxy) is 3. The summed E-state index contributed by atoms with van der Waals surface area (Å²) in [6.45, 7) is 9.93. The topological polar surface area (TPSA) is 27.7 Å². The third kappa shape index (κ3) is 7.75. The van der Waals surface area contributed by atoms with E-state index < -0.39 is 5.97 Å². The molecule has 1 atom stereocenters. The van der Waals surface area contributed by atoms with Gasteiger partial charge in [0, 0.05) is 19.8 Å². The van der Waals surface area contributed by atoms with Crippen LogP contribution in [-0.4, -0.2) is 25.8 Å². The van der Waals surface area contributed by atoms with Crippen molar-refractivity contribution in [3.05, 3.63) is 60.2 Å². The van der Waals surface area contributed by atoms with Crippen LogP contribution in [0.25, 0.3) is 11.1 Å². The van der Waals surface area contributed by atoms with Crippen LogP contribution in [0.15, 0.2) is 54.6 Å². The Morgan fingerprint density at radius 3 is 1.68 bits per heavy atom. The van der Waals surface area contributed by atoms with Crippen LogP contribution in [0, 0.1) is 0 Å². The van der Waals surface area contributed by atoms with Gasteiger partial charge in [0.25, 0.3) is 5.97 Å². The molecule has 2 aromatic rings. The van der Waals surface area contributed by atoms with Gasteiger partial charge in [0.2, 0.25) is 0 Å². The van der Waals surface area contributed by atoms with Crippen molar-refractivity contribution in [1.82, 2.24) is 0 Å². The molecule has 3 nitrogen and oxygen atoms in total. The van der Waals surface area contributed by atoms with Crippen molar-refractivity contribution < 1.29 is 14.2 Å². The Kier molecular flexibility index (Phi) is 11.9. The van der Waals surface area contributed by atoms with Gasteiger partial charge in [-0.2, -0.15) is 0 Å². The Bertz CT molecular complexity index is 679. The Hall–Kier alpha value is -1.68. The Morgan fingerprint density at radius 2 is 1.13 bits per heavy atom. The summed E-state index contributed by atoms with van der Waals surface area (Å²) in [5.41, 5.74) is 3.66. The summed E-state index contributed by atoms with van der Waals surface area (Å²) in [6, 6.07) is 19.3.